The van der Waals surface area contributed by atoms with E-state index in [9.17, 15) is 18.4 Å². The Morgan fingerprint density at radius 2 is 1.73 bits per heavy atom. The van der Waals surface area contributed by atoms with Gasteiger partial charge in [0.2, 0.25) is 0 Å². The Labute approximate surface area is 235 Å². The number of hydrogen-bond acceptors (Lipinski definition) is 6. The van der Waals surface area contributed by atoms with Crippen molar-refractivity contribution in [3.63, 3.8) is 0 Å². The van der Waals surface area contributed by atoms with Crippen LogP contribution in [-0.2, 0) is 16.0 Å². The van der Waals surface area contributed by atoms with E-state index in [2.05, 4.69) is 20.6 Å². The molecule has 10 heteroatoms. The molecule has 0 bridgehead atoms. The van der Waals surface area contributed by atoms with Crippen molar-refractivity contribution in [1.82, 2.24) is 15.3 Å². The molecule has 4 rings (SSSR count). The van der Waals surface area contributed by atoms with Gasteiger partial charge in [-0.3, -0.25) is 4.79 Å². The van der Waals surface area contributed by atoms with Gasteiger partial charge in [0.1, 0.15) is 23.5 Å². The number of rotatable bonds is 12. The molecule has 2 atom stereocenters. The summed E-state index contributed by atoms with van der Waals surface area (Å²) >= 11 is 1.56. The highest BCUT2D eigenvalue weighted by atomic mass is 32.2. The number of imidazole rings is 1. The number of nitrogens with one attached hydrogen (secondary N) is 3. The zero-order valence-electron chi connectivity index (χ0n) is 22.1. The van der Waals surface area contributed by atoms with Gasteiger partial charge in [-0.15, -0.1) is 0 Å². The number of carbonyl (C=O) groups is 2. The van der Waals surface area contributed by atoms with E-state index in [0.29, 0.717) is 41.0 Å². The van der Waals surface area contributed by atoms with Crippen molar-refractivity contribution >= 4 is 29.3 Å². The van der Waals surface area contributed by atoms with Gasteiger partial charge in [-0.05, 0) is 77.6 Å². The maximum Gasteiger partial charge on any atom is 0.328 e. The minimum Gasteiger partial charge on any atom is -0.467 e. The van der Waals surface area contributed by atoms with Gasteiger partial charge in [-0.25, -0.2) is 18.6 Å². The fourth-order valence-electron chi connectivity index (χ4n) is 4.31. The molecule has 1 aromatic heterocycles. The lowest BCUT2D eigenvalue weighted by Gasteiger charge is -2.22. The van der Waals surface area contributed by atoms with Gasteiger partial charge >= 0.3 is 5.97 Å². The number of hydrogen-bond donors (Lipinski definition) is 3. The first kappa shape index (κ1) is 28.8. The van der Waals surface area contributed by atoms with Crippen LogP contribution in [0.4, 0.5) is 14.5 Å². The number of aromatic amines is 1. The molecule has 0 aliphatic carbocycles. The molecule has 1 amide bonds. The van der Waals surface area contributed by atoms with Gasteiger partial charge < -0.3 is 20.4 Å². The summed E-state index contributed by atoms with van der Waals surface area (Å²) in [6, 6.07) is 16.2. The zero-order valence-corrected chi connectivity index (χ0v) is 22.9. The molecule has 7 nitrogen and oxygen atoms in total. The van der Waals surface area contributed by atoms with Crippen LogP contribution in [0, 0.1) is 11.6 Å². The average Bonchev–Trinajstić information content (AvgIpc) is 3.48. The summed E-state index contributed by atoms with van der Waals surface area (Å²) in [6.07, 6.45) is 6.22. The van der Waals surface area contributed by atoms with Crippen LogP contribution >= 0.6 is 11.8 Å². The summed E-state index contributed by atoms with van der Waals surface area (Å²) in [5, 5.41) is 6.26. The van der Waals surface area contributed by atoms with E-state index in [1.54, 1.807) is 66.6 Å². The van der Waals surface area contributed by atoms with Gasteiger partial charge in [0.25, 0.3) is 5.91 Å². The van der Waals surface area contributed by atoms with E-state index in [4.69, 9.17) is 4.74 Å². The smallest absolute Gasteiger partial charge is 0.328 e. The number of amides is 1. The second kappa shape index (κ2) is 13.7. The fourth-order valence-corrected chi connectivity index (χ4v) is 4.79. The van der Waals surface area contributed by atoms with E-state index in [-0.39, 0.29) is 11.9 Å². The molecule has 1 heterocycles. The molecule has 0 fully saturated rings. The molecule has 3 aromatic carbocycles. The third-order valence-corrected chi connectivity index (χ3v) is 7.03. The lowest BCUT2D eigenvalue weighted by Crippen LogP contribution is -2.42. The predicted octanol–water partition coefficient (Wildman–Crippen LogP) is 5.78. The molecular weight excluding hydrogens is 534 g/mol. The molecule has 0 aliphatic heterocycles. The van der Waals surface area contributed by atoms with Crippen LogP contribution in [0.25, 0.3) is 11.1 Å². The number of halogens is 2. The summed E-state index contributed by atoms with van der Waals surface area (Å²) in [6.45, 7) is 0. The van der Waals surface area contributed by atoms with Crippen molar-refractivity contribution in [2.24, 2.45) is 0 Å². The van der Waals surface area contributed by atoms with Crippen molar-refractivity contribution in [2.75, 3.05) is 24.4 Å². The molecule has 0 saturated carbocycles. The largest absolute Gasteiger partial charge is 0.467 e. The van der Waals surface area contributed by atoms with E-state index < -0.39 is 23.7 Å². The molecular formula is C30H30F2N4O3S. The van der Waals surface area contributed by atoms with Gasteiger partial charge in [0.15, 0.2) is 0 Å². The number of carbonyl (C=O) groups excluding carboxylic acids is 2. The predicted molar refractivity (Wildman–Crippen MR) is 153 cm³/mol. The first-order chi connectivity index (χ1) is 19.4. The first-order valence-corrected chi connectivity index (χ1v) is 14.0. The number of esters is 1. The van der Waals surface area contributed by atoms with Crippen molar-refractivity contribution < 1.29 is 23.1 Å². The van der Waals surface area contributed by atoms with E-state index in [1.165, 1.54) is 31.4 Å². The van der Waals surface area contributed by atoms with E-state index in [0.717, 1.165) is 11.4 Å². The Morgan fingerprint density at radius 3 is 2.35 bits per heavy atom. The average molecular weight is 565 g/mol. The van der Waals surface area contributed by atoms with E-state index in [1.807, 2.05) is 6.26 Å². The topological polar surface area (TPSA) is 96.1 Å². The van der Waals surface area contributed by atoms with Gasteiger partial charge in [0, 0.05) is 30.1 Å². The standard InChI is InChI=1S/C30H30F2N4O3S/c1-39-30(38)26(13-16-40-2)36-29(37)24-12-11-23(17-25(24)19-3-7-21(31)8-4-19)35-27(18-28-33-14-15-34-28)20-5-9-22(32)10-6-20/h3-12,14-15,17,26-27,35H,13,16,18H2,1-2H3,(H,33,34)(H,36,37)/t26-,27?/m0/s1. The fraction of sp³-hybridized carbons (Fsp3) is 0.233. The highest BCUT2D eigenvalue weighted by molar-refractivity contribution is 7.98. The maximum absolute atomic E-state index is 13.7. The molecule has 3 N–H and O–H groups in total. The summed E-state index contributed by atoms with van der Waals surface area (Å²) in [5.41, 5.74) is 3.02. The Bertz CT molecular complexity index is 1410. The lowest BCUT2D eigenvalue weighted by atomic mass is 9.97. The number of thioether (sulfide) groups is 1. The monoisotopic (exact) mass is 564 g/mol. The number of ether oxygens (including phenoxy) is 1. The quantitative estimate of drug-likeness (QED) is 0.189. The second-order valence-electron chi connectivity index (χ2n) is 9.09. The summed E-state index contributed by atoms with van der Waals surface area (Å²) in [4.78, 5) is 33.2. The highest BCUT2D eigenvalue weighted by Crippen LogP contribution is 2.30. The van der Waals surface area contributed by atoms with Crippen molar-refractivity contribution in [1.29, 1.82) is 0 Å². The number of anilines is 1. The van der Waals surface area contributed by atoms with Crippen LogP contribution in [0.5, 0.6) is 0 Å². The summed E-state index contributed by atoms with van der Waals surface area (Å²) in [7, 11) is 1.28. The van der Waals surface area contributed by atoms with Crippen LogP contribution in [0.15, 0.2) is 79.1 Å². The molecule has 0 saturated heterocycles. The third kappa shape index (κ3) is 7.47. The maximum atomic E-state index is 13.7. The molecule has 0 radical (unpaired) electrons. The molecule has 1 unspecified atom stereocenters. The summed E-state index contributed by atoms with van der Waals surface area (Å²) < 4.78 is 32.3. The first-order valence-electron chi connectivity index (χ1n) is 12.7. The van der Waals surface area contributed by atoms with Crippen molar-refractivity contribution in [3.05, 3.63) is 108 Å². The number of methoxy groups -OCH3 is 1. The second-order valence-corrected chi connectivity index (χ2v) is 10.1. The van der Waals surface area contributed by atoms with Gasteiger partial charge in [-0.2, -0.15) is 11.8 Å². The van der Waals surface area contributed by atoms with Crippen LogP contribution in [0.1, 0.15) is 34.2 Å². The molecule has 40 heavy (non-hydrogen) atoms. The van der Waals surface area contributed by atoms with Gasteiger partial charge in [0.05, 0.1) is 13.2 Å². The molecule has 4 aromatic rings. The Morgan fingerprint density at radius 1 is 1.02 bits per heavy atom. The van der Waals surface area contributed by atoms with Crippen molar-refractivity contribution in [3.8, 4) is 11.1 Å². The number of aromatic nitrogens is 2. The van der Waals surface area contributed by atoms with Gasteiger partial charge in [-0.1, -0.05) is 24.3 Å². The molecule has 0 aliphatic rings. The normalized spacial score (nSPS) is 12.4. The molecule has 208 valence electrons. The highest BCUT2D eigenvalue weighted by Gasteiger charge is 2.24. The number of H-pyrrole nitrogens is 1. The molecule has 0 spiro atoms. The number of nitrogens with zero attached hydrogens (tertiary/aromatic N) is 1. The van der Waals surface area contributed by atoms with Crippen LogP contribution < -0.4 is 10.6 Å². The van der Waals surface area contributed by atoms with E-state index >= 15 is 0 Å². The minimum absolute atomic E-state index is 0.275. The SMILES string of the molecule is COC(=O)[C@H](CCSC)NC(=O)c1ccc(NC(Cc2ncc[nH]2)c2ccc(F)cc2)cc1-c1ccc(F)cc1. The summed E-state index contributed by atoms with van der Waals surface area (Å²) in [5.74, 6) is -0.305. The minimum atomic E-state index is -0.806. The third-order valence-electron chi connectivity index (χ3n) is 6.39. The Hall–Kier alpha value is -4.18. The van der Waals surface area contributed by atoms with Crippen LogP contribution in [0.3, 0.4) is 0 Å². The Kier molecular flexibility index (Phi) is 9.91. The number of benzene rings is 3. The van der Waals surface area contributed by atoms with Crippen LogP contribution in [-0.4, -0.2) is 47.0 Å². The van der Waals surface area contributed by atoms with Crippen LogP contribution in [0.2, 0.25) is 0 Å². The Balaban J connectivity index is 1.69. The lowest BCUT2D eigenvalue weighted by molar-refractivity contribution is -0.142. The zero-order chi connectivity index (χ0) is 28.5. The van der Waals surface area contributed by atoms with Crippen molar-refractivity contribution in [2.45, 2.75) is 24.9 Å².